The van der Waals surface area contributed by atoms with Crippen LogP contribution in [0.25, 0.3) is 6.08 Å². The number of carbonyl (C=O) groups excluding carboxylic acids is 1. The molecule has 0 spiro atoms. The summed E-state index contributed by atoms with van der Waals surface area (Å²) < 4.78 is 17.2. The maximum absolute atomic E-state index is 12.4. The van der Waals surface area contributed by atoms with Gasteiger partial charge in [-0.1, -0.05) is 80.6 Å². The van der Waals surface area contributed by atoms with Gasteiger partial charge in [0.05, 0.1) is 12.5 Å². The third-order valence-corrected chi connectivity index (χ3v) is 6.63. The van der Waals surface area contributed by atoms with Gasteiger partial charge in [0.1, 0.15) is 28.9 Å². The van der Waals surface area contributed by atoms with E-state index in [0.717, 1.165) is 34.4 Å². The molecule has 1 aliphatic rings. The fourth-order valence-electron chi connectivity index (χ4n) is 4.49. The molecule has 3 aromatic carbocycles. The lowest BCUT2D eigenvalue weighted by molar-refractivity contribution is -0.128. The lowest BCUT2D eigenvalue weighted by atomic mass is 9.83. The maximum Gasteiger partial charge on any atom is 0.336 e. The summed E-state index contributed by atoms with van der Waals surface area (Å²) in [6.07, 6.45) is 8.99. The first-order chi connectivity index (χ1) is 19.0. The lowest BCUT2D eigenvalue weighted by Gasteiger charge is -2.26. The van der Waals surface area contributed by atoms with Gasteiger partial charge in [-0.2, -0.15) is 5.26 Å². The number of hydrogen-bond acceptors (Lipinski definition) is 6. The van der Waals surface area contributed by atoms with Crippen LogP contribution >= 0.6 is 0 Å². The maximum atomic E-state index is 12.4. The van der Waals surface area contributed by atoms with Crippen molar-refractivity contribution in [1.29, 1.82) is 5.26 Å². The summed E-state index contributed by atoms with van der Waals surface area (Å²) in [5.41, 5.74) is 10.2. The molecule has 39 heavy (non-hydrogen) atoms. The van der Waals surface area contributed by atoms with Crippen molar-refractivity contribution >= 4 is 12.0 Å². The number of esters is 1. The van der Waals surface area contributed by atoms with E-state index >= 15 is 0 Å². The van der Waals surface area contributed by atoms with Gasteiger partial charge in [-0.3, -0.25) is 0 Å². The smallest absolute Gasteiger partial charge is 0.336 e. The second kappa shape index (κ2) is 13.3. The van der Waals surface area contributed by atoms with Crippen LogP contribution in [0.5, 0.6) is 17.2 Å². The van der Waals surface area contributed by atoms with Crippen LogP contribution in [0.1, 0.15) is 67.2 Å². The Balaban J connectivity index is 1.46. The van der Waals surface area contributed by atoms with E-state index in [4.69, 9.17) is 19.9 Å². The number of benzene rings is 3. The van der Waals surface area contributed by atoms with Crippen LogP contribution in [0, 0.1) is 18.3 Å². The summed E-state index contributed by atoms with van der Waals surface area (Å²) in [5.74, 6) is 0.667. The molecule has 0 radical (unpaired) electrons. The zero-order valence-corrected chi connectivity index (χ0v) is 22.5. The Labute approximate surface area is 230 Å². The Hall–Kier alpha value is -4.50. The van der Waals surface area contributed by atoms with Gasteiger partial charge < -0.3 is 19.9 Å². The molecule has 1 atom stereocenters. The first kappa shape index (κ1) is 27.5. The van der Waals surface area contributed by atoms with Crippen molar-refractivity contribution in [2.24, 2.45) is 5.73 Å². The summed E-state index contributed by atoms with van der Waals surface area (Å²) in [7, 11) is 0. The van der Waals surface area contributed by atoms with Crippen LogP contribution in [0.2, 0.25) is 0 Å². The molecule has 6 heteroatoms. The number of aryl methyl sites for hydroxylation is 1. The zero-order chi connectivity index (χ0) is 27.6. The second-order valence-corrected chi connectivity index (χ2v) is 9.62. The molecule has 1 heterocycles. The molecule has 1 unspecified atom stereocenters. The molecule has 1 aliphatic heterocycles. The van der Waals surface area contributed by atoms with Crippen molar-refractivity contribution < 1.29 is 19.0 Å². The van der Waals surface area contributed by atoms with Crippen LogP contribution in [-0.4, -0.2) is 12.6 Å². The average Bonchev–Trinajstić information content (AvgIpc) is 2.94. The first-order valence-electron chi connectivity index (χ1n) is 13.4. The van der Waals surface area contributed by atoms with Gasteiger partial charge >= 0.3 is 5.97 Å². The highest BCUT2D eigenvalue weighted by Crippen LogP contribution is 2.43. The van der Waals surface area contributed by atoms with Gasteiger partial charge in [-0.15, -0.1) is 0 Å². The van der Waals surface area contributed by atoms with E-state index in [1.165, 1.54) is 31.8 Å². The third kappa shape index (κ3) is 7.30. The SMILES string of the molecule is CCCCCCCOc1ccc(C2C(C#N)=C(N)Oc3cc(OC(=O)/C=C/c4ccc(C)cc4)ccc32)cc1. The minimum atomic E-state index is -0.509. The van der Waals surface area contributed by atoms with Crippen molar-refractivity contribution in [2.75, 3.05) is 6.61 Å². The predicted molar refractivity (Wildman–Crippen MR) is 152 cm³/mol. The number of ether oxygens (including phenoxy) is 3. The van der Waals surface area contributed by atoms with E-state index in [0.29, 0.717) is 23.7 Å². The number of hydrogen-bond donors (Lipinski definition) is 1. The molecule has 0 fully saturated rings. The van der Waals surface area contributed by atoms with Crippen molar-refractivity contribution in [3.63, 3.8) is 0 Å². The Morgan fingerprint density at radius 3 is 2.44 bits per heavy atom. The van der Waals surface area contributed by atoms with Gasteiger partial charge in [0.15, 0.2) is 0 Å². The number of nitrogens with zero attached hydrogens (tertiary/aromatic N) is 1. The van der Waals surface area contributed by atoms with E-state index in [1.54, 1.807) is 24.3 Å². The molecule has 0 aliphatic carbocycles. The van der Waals surface area contributed by atoms with Crippen LogP contribution in [0.4, 0.5) is 0 Å². The Kier molecular flexibility index (Phi) is 9.42. The van der Waals surface area contributed by atoms with Crippen molar-refractivity contribution in [1.82, 2.24) is 0 Å². The van der Waals surface area contributed by atoms with Crippen LogP contribution < -0.4 is 19.9 Å². The van der Waals surface area contributed by atoms with Crippen molar-refractivity contribution in [3.05, 3.63) is 107 Å². The normalized spacial score (nSPS) is 14.4. The fraction of sp³-hybridized carbons (Fsp3) is 0.273. The number of nitriles is 1. The summed E-state index contributed by atoms with van der Waals surface area (Å²) in [6.45, 7) is 4.89. The van der Waals surface area contributed by atoms with Gasteiger partial charge in [0, 0.05) is 17.7 Å². The monoisotopic (exact) mass is 522 g/mol. The fourth-order valence-corrected chi connectivity index (χ4v) is 4.49. The van der Waals surface area contributed by atoms with E-state index < -0.39 is 11.9 Å². The van der Waals surface area contributed by atoms with Crippen LogP contribution in [0.15, 0.2) is 84.3 Å². The molecular formula is C33H34N2O4. The van der Waals surface area contributed by atoms with Crippen molar-refractivity contribution in [3.8, 4) is 23.3 Å². The standard InChI is InChI=1S/C33H34N2O4/c1-3-4-5-6-7-20-37-26-15-13-25(14-16-26)32-28-18-17-27(21-30(28)39-33(35)29(32)22-34)38-31(36)19-12-24-10-8-23(2)9-11-24/h8-19,21,32H,3-7,20,35H2,1-2H3/b19-12+. The van der Waals surface area contributed by atoms with Crippen LogP contribution in [-0.2, 0) is 4.79 Å². The molecule has 3 aromatic rings. The highest BCUT2D eigenvalue weighted by Gasteiger charge is 2.31. The van der Waals surface area contributed by atoms with Gasteiger partial charge in [0.25, 0.3) is 0 Å². The topological polar surface area (TPSA) is 94.6 Å². The highest BCUT2D eigenvalue weighted by atomic mass is 16.5. The number of fused-ring (bicyclic) bond motifs is 1. The molecule has 0 saturated carbocycles. The molecule has 6 nitrogen and oxygen atoms in total. The van der Waals surface area contributed by atoms with Gasteiger partial charge in [-0.05, 0) is 48.7 Å². The summed E-state index contributed by atoms with van der Waals surface area (Å²) in [4.78, 5) is 12.4. The van der Waals surface area contributed by atoms with E-state index in [1.807, 2.05) is 55.5 Å². The number of rotatable bonds is 11. The molecule has 0 aromatic heterocycles. The van der Waals surface area contributed by atoms with Gasteiger partial charge in [-0.25, -0.2) is 4.79 Å². The third-order valence-electron chi connectivity index (χ3n) is 6.63. The van der Waals surface area contributed by atoms with Crippen molar-refractivity contribution in [2.45, 2.75) is 51.9 Å². The average molecular weight is 523 g/mol. The van der Waals surface area contributed by atoms with E-state index in [9.17, 15) is 10.1 Å². The zero-order valence-electron chi connectivity index (χ0n) is 22.5. The van der Waals surface area contributed by atoms with E-state index in [2.05, 4.69) is 13.0 Å². The molecule has 4 rings (SSSR count). The summed E-state index contributed by atoms with van der Waals surface area (Å²) in [6, 6.07) is 22.9. The summed E-state index contributed by atoms with van der Waals surface area (Å²) in [5, 5.41) is 9.85. The number of allylic oxidation sites excluding steroid dienone is 1. The number of carbonyl (C=O) groups is 1. The lowest BCUT2D eigenvalue weighted by Crippen LogP contribution is -2.21. The predicted octanol–water partition coefficient (Wildman–Crippen LogP) is 7.18. The Bertz CT molecular complexity index is 1380. The highest BCUT2D eigenvalue weighted by molar-refractivity contribution is 5.88. The largest absolute Gasteiger partial charge is 0.494 e. The Morgan fingerprint density at radius 2 is 1.72 bits per heavy atom. The molecule has 0 bridgehead atoms. The first-order valence-corrected chi connectivity index (χ1v) is 13.4. The molecule has 2 N–H and O–H groups in total. The minimum absolute atomic E-state index is 0.0325. The number of nitrogens with two attached hydrogens (primary N) is 1. The van der Waals surface area contributed by atoms with Crippen LogP contribution in [0.3, 0.4) is 0 Å². The number of unbranched alkanes of at least 4 members (excludes halogenated alkanes) is 4. The molecule has 0 saturated heterocycles. The molecular weight excluding hydrogens is 488 g/mol. The summed E-state index contributed by atoms with van der Waals surface area (Å²) >= 11 is 0. The molecule has 0 amide bonds. The molecule has 200 valence electrons. The second-order valence-electron chi connectivity index (χ2n) is 9.62. The van der Waals surface area contributed by atoms with E-state index in [-0.39, 0.29) is 5.88 Å². The quantitative estimate of drug-likeness (QED) is 0.124. The van der Waals surface area contributed by atoms with Gasteiger partial charge in [0.2, 0.25) is 5.88 Å². The Morgan fingerprint density at radius 1 is 1.00 bits per heavy atom. The minimum Gasteiger partial charge on any atom is -0.494 e.